The quantitative estimate of drug-likeness (QED) is 0.535. The molecule has 32 heavy (non-hydrogen) atoms. The summed E-state index contributed by atoms with van der Waals surface area (Å²) < 4.78 is 0. The summed E-state index contributed by atoms with van der Waals surface area (Å²) in [7, 11) is 4.43. The number of carbonyl (C=O) groups excluding carboxylic acids is 1. The molecule has 5 heteroatoms. The van der Waals surface area contributed by atoms with E-state index in [0.717, 1.165) is 45.3 Å². The average molecular weight is 439 g/mol. The first-order valence-corrected chi connectivity index (χ1v) is 12.4. The topological polar surface area (TPSA) is 39.1 Å². The third-order valence-electron chi connectivity index (χ3n) is 8.56. The van der Waals surface area contributed by atoms with E-state index in [1.165, 1.54) is 24.8 Å². The van der Waals surface area contributed by atoms with Crippen molar-refractivity contribution in [2.75, 3.05) is 40.3 Å². The smallest absolute Gasteiger partial charge is 0.320 e. The summed E-state index contributed by atoms with van der Waals surface area (Å²) in [4.78, 5) is 24.7. The zero-order chi connectivity index (χ0) is 23.0. The number of hydrogen-bond acceptors (Lipinski definition) is 3. The van der Waals surface area contributed by atoms with Crippen molar-refractivity contribution in [3.05, 3.63) is 35.9 Å². The van der Waals surface area contributed by atoms with E-state index in [1.54, 1.807) is 0 Å². The summed E-state index contributed by atoms with van der Waals surface area (Å²) in [5.41, 5.74) is 1.39. The number of benzene rings is 1. The molecule has 4 rings (SSSR count). The minimum Gasteiger partial charge on any atom is -0.322 e. The van der Waals surface area contributed by atoms with Gasteiger partial charge in [0.05, 0.1) is 5.54 Å². The van der Waals surface area contributed by atoms with Crippen LogP contribution in [0.1, 0.15) is 64.4 Å². The zero-order valence-electron chi connectivity index (χ0n) is 20.6. The van der Waals surface area contributed by atoms with Gasteiger partial charge in [-0.2, -0.15) is 0 Å². The van der Waals surface area contributed by atoms with Gasteiger partial charge >= 0.3 is 6.03 Å². The van der Waals surface area contributed by atoms with Crippen LogP contribution in [0.3, 0.4) is 0 Å². The van der Waals surface area contributed by atoms with Gasteiger partial charge in [0.15, 0.2) is 0 Å². The molecule has 176 valence electrons. The van der Waals surface area contributed by atoms with Crippen LogP contribution in [0.5, 0.6) is 0 Å². The molecule has 0 unspecified atom stereocenters. The van der Waals surface area contributed by atoms with Crippen molar-refractivity contribution in [3.8, 4) is 0 Å². The summed E-state index contributed by atoms with van der Waals surface area (Å²) in [5, 5.41) is 0. The Balaban J connectivity index is 1.58. The number of urea groups is 1. The fourth-order valence-electron chi connectivity index (χ4n) is 6.38. The van der Waals surface area contributed by atoms with Gasteiger partial charge in [-0.05, 0) is 70.8 Å². The highest BCUT2D eigenvalue weighted by molar-refractivity contribution is 5.78. The number of aliphatic imine (C=N–C) groups is 1. The van der Waals surface area contributed by atoms with Crippen LogP contribution < -0.4 is 0 Å². The van der Waals surface area contributed by atoms with E-state index in [4.69, 9.17) is 0 Å². The molecule has 2 aliphatic carbocycles. The van der Waals surface area contributed by atoms with E-state index in [-0.39, 0.29) is 22.5 Å². The highest BCUT2D eigenvalue weighted by atomic mass is 16.2. The van der Waals surface area contributed by atoms with E-state index >= 15 is 0 Å². The van der Waals surface area contributed by atoms with Crippen LogP contribution in [-0.2, 0) is 5.54 Å². The summed E-state index contributed by atoms with van der Waals surface area (Å²) in [5.74, 6) is 0.688. The molecule has 3 aliphatic rings. The lowest BCUT2D eigenvalue weighted by atomic mass is 9.68. The second-order valence-electron chi connectivity index (χ2n) is 11.6. The van der Waals surface area contributed by atoms with E-state index in [2.05, 4.69) is 84.7 Å². The van der Waals surface area contributed by atoms with Crippen LogP contribution in [0.4, 0.5) is 4.79 Å². The Morgan fingerprint density at radius 1 is 1.12 bits per heavy atom. The number of hydrogen-bond donors (Lipinski definition) is 0. The van der Waals surface area contributed by atoms with Crippen molar-refractivity contribution in [2.24, 2.45) is 16.3 Å². The zero-order valence-corrected chi connectivity index (χ0v) is 20.6. The van der Waals surface area contributed by atoms with Crippen LogP contribution in [0.2, 0.25) is 0 Å². The van der Waals surface area contributed by atoms with Gasteiger partial charge < -0.3 is 14.8 Å². The standard InChI is InChI=1S/C27H42N4O/c1-25(2,19-28-3)20-30-21-26(31(24(30)32)18-22-10-9-11-22)14-16-27(17-15-26,29(4)5)23-12-7-6-8-13-23/h6-8,12-13,22H,3,9-11,14-21H2,1-2,4-5H3. The highest BCUT2D eigenvalue weighted by Crippen LogP contribution is 2.49. The van der Waals surface area contributed by atoms with Gasteiger partial charge in [0.25, 0.3) is 0 Å². The monoisotopic (exact) mass is 438 g/mol. The van der Waals surface area contributed by atoms with Crippen LogP contribution in [0.15, 0.2) is 35.3 Å². The van der Waals surface area contributed by atoms with Gasteiger partial charge in [-0.1, -0.05) is 50.6 Å². The molecule has 5 nitrogen and oxygen atoms in total. The van der Waals surface area contributed by atoms with Gasteiger partial charge in [-0.25, -0.2) is 4.79 Å². The number of amides is 2. The second kappa shape index (κ2) is 8.81. The fraction of sp³-hybridized carbons (Fsp3) is 0.704. The molecular weight excluding hydrogens is 396 g/mol. The summed E-state index contributed by atoms with van der Waals surface area (Å²) in [6, 6.07) is 11.2. The van der Waals surface area contributed by atoms with E-state index in [0.29, 0.717) is 12.5 Å². The number of carbonyl (C=O) groups is 1. The molecule has 1 aromatic rings. The van der Waals surface area contributed by atoms with Gasteiger partial charge in [0, 0.05) is 37.1 Å². The molecule has 0 bridgehead atoms. The molecule has 1 aromatic carbocycles. The van der Waals surface area contributed by atoms with E-state index in [9.17, 15) is 4.79 Å². The molecule has 1 aliphatic heterocycles. The maximum atomic E-state index is 13.7. The third kappa shape index (κ3) is 4.21. The van der Waals surface area contributed by atoms with Crippen molar-refractivity contribution in [2.45, 2.75) is 69.9 Å². The lowest BCUT2D eigenvalue weighted by Crippen LogP contribution is -2.56. The molecule has 1 heterocycles. The van der Waals surface area contributed by atoms with Crippen LogP contribution in [0.25, 0.3) is 0 Å². The molecule has 0 N–H and O–H groups in total. The Hall–Kier alpha value is -1.88. The third-order valence-corrected chi connectivity index (χ3v) is 8.56. The van der Waals surface area contributed by atoms with Crippen molar-refractivity contribution in [1.29, 1.82) is 0 Å². The second-order valence-corrected chi connectivity index (χ2v) is 11.6. The Labute approximate surface area is 194 Å². The predicted molar refractivity (Wildman–Crippen MR) is 132 cm³/mol. The van der Waals surface area contributed by atoms with Crippen molar-refractivity contribution >= 4 is 12.7 Å². The van der Waals surface area contributed by atoms with Crippen LogP contribution >= 0.6 is 0 Å². The highest BCUT2D eigenvalue weighted by Gasteiger charge is 2.55. The molecule has 0 radical (unpaired) electrons. The molecule has 2 saturated carbocycles. The molecule has 2 amide bonds. The lowest BCUT2D eigenvalue weighted by Gasteiger charge is -2.51. The summed E-state index contributed by atoms with van der Waals surface area (Å²) in [6.07, 6.45) is 8.17. The molecule has 1 saturated heterocycles. The van der Waals surface area contributed by atoms with Gasteiger partial charge in [0.2, 0.25) is 0 Å². The number of nitrogens with zero attached hydrogens (tertiary/aromatic N) is 4. The normalized spacial score (nSPS) is 29.1. The maximum absolute atomic E-state index is 13.7. The molecule has 0 atom stereocenters. The minimum atomic E-state index is -0.0445. The van der Waals surface area contributed by atoms with E-state index < -0.39 is 0 Å². The molecule has 3 fully saturated rings. The van der Waals surface area contributed by atoms with Crippen molar-refractivity contribution < 1.29 is 4.79 Å². The van der Waals surface area contributed by atoms with Gasteiger partial charge in [-0.3, -0.25) is 4.90 Å². The Kier molecular flexibility index (Phi) is 6.41. The first kappa shape index (κ1) is 23.3. The van der Waals surface area contributed by atoms with Gasteiger partial charge in [-0.15, -0.1) is 0 Å². The lowest BCUT2D eigenvalue weighted by molar-refractivity contribution is 0.0156. The van der Waals surface area contributed by atoms with Gasteiger partial charge in [0.1, 0.15) is 0 Å². The summed E-state index contributed by atoms with van der Waals surface area (Å²) in [6.45, 7) is 11.3. The van der Waals surface area contributed by atoms with Crippen molar-refractivity contribution in [1.82, 2.24) is 14.7 Å². The average Bonchev–Trinajstić information content (AvgIpc) is 2.96. The molecule has 0 aromatic heterocycles. The Morgan fingerprint density at radius 2 is 1.78 bits per heavy atom. The fourth-order valence-corrected chi connectivity index (χ4v) is 6.38. The predicted octanol–water partition coefficient (Wildman–Crippen LogP) is 5.02. The first-order valence-electron chi connectivity index (χ1n) is 12.4. The SMILES string of the molecule is C=NCC(C)(C)CN1CC2(CCC(c3ccccc3)(N(C)C)CC2)N(CC2CCC2)C1=O. The molecule has 1 spiro atoms. The maximum Gasteiger partial charge on any atom is 0.320 e. The Morgan fingerprint density at radius 3 is 2.31 bits per heavy atom. The minimum absolute atomic E-state index is 0.0291. The largest absolute Gasteiger partial charge is 0.322 e. The van der Waals surface area contributed by atoms with E-state index in [1.807, 2.05) is 0 Å². The Bertz CT molecular complexity index is 806. The van der Waals surface area contributed by atoms with Crippen LogP contribution in [0, 0.1) is 11.3 Å². The number of rotatable bonds is 8. The molecular formula is C27H42N4O. The first-order chi connectivity index (χ1) is 15.2. The van der Waals surface area contributed by atoms with Crippen LogP contribution in [-0.4, -0.2) is 73.3 Å². The summed E-state index contributed by atoms with van der Waals surface area (Å²) >= 11 is 0. The van der Waals surface area contributed by atoms with Crippen molar-refractivity contribution in [3.63, 3.8) is 0 Å².